The van der Waals surface area contributed by atoms with E-state index in [1.165, 1.54) is 6.07 Å². The number of aliphatic carboxylic acids is 2. The summed E-state index contributed by atoms with van der Waals surface area (Å²) in [6, 6.07) is 16.4. The van der Waals surface area contributed by atoms with Gasteiger partial charge in [-0.3, -0.25) is 0 Å². The van der Waals surface area contributed by atoms with E-state index in [-0.39, 0.29) is 17.5 Å². The van der Waals surface area contributed by atoms with Crippen LogP contribution in [0.5, 0.6) is 5.75 Å². The van der Waals surface area contributed by atoms with Crippen molar-refractivity contribution in [2.24, 2.45) is 0 Å². The monoisotopic (exact) mass is 419 g/mol. The maximum atomic E-state index is 11.2. The second-order valence-corrected chi connectivity index (χ2v) is 11.0. The molecule has 0 aliphatic rings. The fourth-order valence-electron chi connectivity index (χ4n) is 2.69. The third kappa shape index (κ3) is 6.45. The molecule has 0 spiro atoms. The van der Waals surface area contributed by atoms with Crippen molar-refractivity contribution in [1.29, 1.82) is 0 Å². The van der Waals surface area contributed by atoms with Crippen molar-refractivity contribution >= 4 is 32.3 Å². The van der Waals surface area contributed by atoms with E-state index in [4.69, 9.17) is 0 Å². The summed E-state index contributed by atoms with van der Waals surface area (Å²) in [4.78, 5) is 24.0. The first-order chi connectivity index (χ1) is 12.5. The van der Waals surface area contributed by atoms with Crippen LogP contribution in [0, 0.1) is 0 Å². The minimum absolute atomic E-state index is 0.0223. The number of phenols is 1. The van der Waals surface area contributed by atoms with Crippen molar-refractivity contribution in [1.82, 2.24) is 0 Å². The van der Waals surface area contributed by atoms with Crippen molar-refractivity contribution in [3.05, 3.63) is 60.2 Å². The number of aromatic hydroxyl groups is 1. The number of carboxylic acid groups (broad SMARTS) is 2. The number of benzene rings is 2. The van der Waals surface area contributed by atoms with Gasteiger partial charge in [-0.05, 0) is 0 Å². The molecule has 6 nitrogen and oxygen atoms in total. The average Bonchev–Trinajstić information content (AvgIpc) is 2.59. The Bertz CT molecular complexity index is 738. The first kappa shape index (κ1) is 19.9. The number of carboxylic acids is 2. The molecular weight excluding hydrogens is 397 g/mol. The van der Waals surface area contributed by atoms with E-state index in [2.05, 4.69) is 0 Å². The number of rotatable bonds is 10. The van der Waals surface area contributed by atoms with Crippen LogP contribution in [0.1, 0.15) is 5.56 Å². The van der Waals surface area contributed by atoms with Gasteiger partial charge in [0, 0.05) is 0 Å². The van der Waals surface area contributed by atoms with Crippen LogP contribution in [-0.2, 0) is 14.8 Å². The molecule has 0 heterocycles. The molecule has 26 heavy (non-hydrogen) atoms. The Labute approximate surface area is 157 Å². The summed E-state index contributed by atoms with van der Waals surface area (Å²) in [5.74, 6) is -1.78. The van der Waals surface area contributed by atoms with Gasteiger partial charge in [0.15, 0.2) is 0 Å². The Hall–Kier alpha value is -2.46. The maximum absolute atomic E-state index is 11.2. The van der Waals surface area contributed by atoms with Crippen molar-refractivity contribution < 1.29 is 24.9 Å². The van der Waals surface area contributed by atoms with Gasteiger partial charge >= 0.3 is 157 Å². The predicted octanol–water partition coefficient (Wildman–Crippen LogP) is 2.64. The molecule has 0 aromatic heterocycles. The number of carbonyl (C=O) groups is 2. The van der Waals surface area contributed by atoms with Gasteiger partial charge in [0.25, 0.3) is 0 Å². The molecule has 7 heteroatoms. The Kier molecular flexibility index (Phi) is 7.54. The van der Waals surface area contributed by atoms with Gasteiger partial charge in [0.2, 0.25) is 0 Å². The van der Waals surface area contributed by atoms with E-state index in [1.54, 1.807) is 23.1 Å². The van der Waals surface area contributed by atoms with Crippen LogP contribution >= 0.6 is 0 Å². The van der Waals surface area contributed by atoms with E-state index in [0.29, 0.717) is 17.4 Å². The van der Waals surface area contributed by atoms with Crippen LogP contribution in [-0.4, -0.2) is 55.0 Å². The predicted molar refractivity (Wildman–Crippen MR) is 101 cm³/mol. The average molecular weight is 419 g/mol. The van der Waals surface area contributed by atoms with E-state index in [1.807, 2.05) is 30.3 Å². The third-order valence-electron chi connectivity index (χ3n) is 3.84. The normalized spacial score (nSPS) is 11.7. The molecule has 2 rings (SSSR count). The number of para-hydroxylation sites is 2. The Morgan fingerprint density at radius 3 is 2.19 bits per heavy atom. The molecular formula is C19H22AsNO5. The van der Waals surface area contributed by atoms with Crippen LogP contribution in [0.4, 0.5) is 5.69 Å². The zero-order chi connectivity index (χ0) is 18.9. The molecule has 1 atom stereocenters. The standard InChI is InChI=1S/C19H22AsNO5/c22-17-9-5-4-8-16(17)21(14-19(25)26)11-10-20(13-18(23)24)12-15-6-2-1-3-7-15/h1-9,22H,10-14H2,(H,23,24)(H,25,26). The molecule has 2 aromatic rings. The first-order valence-electron chi connectivity index (χ1n) is 8.18. The molecule has 0 radical (unpaired) electrons. The number of hydrogen-bond acceptors (Lipinski definition) is 4. The number of hydrogen-bond donors (Lipinski definition) is 3. The van der Waals surface area contributed by atoms with Crippen LogP contribution in [0.25, 0.3) is 0 Å². The van der Waals surface area contributed by atoms with Gasteiger partial charge in [-0.15, -0.1) is 0 Å². The zero-order valence-corrected chi connectivity index (χ0v) is 16.2. The summed E-state index contributed by atoms with van der Waals surface area (Å²) >= 11 is -1.75. The van der Waals surface area contributed by atoms with Crippen molar-refractivity contribution in [3.8, 4) is 5.75 Å². The van der Waals surface area contributed by atoms with Gasteiger partial charge in [-0.1, -0.05) is 0 Å². The molecule has 0 aliphatic heterocycles. The summed E-state index contributed by atoms with van der Waals surface area (Å²) in [7, 11) is 0. The fraction of sp³-hybridized carbons (Fsp3) is 0.263. The Balaban J connectivity index is 2.10. The summed E-state index contributed by atoms with van der Waals surface area (Å²) < 4.78 is 0. The second-order valence-electron chi connectivity index (χ2n) is 5.89. The molecule has 3 N–H and O–H groups in total. The number of phenolic OH excluding ortho intramolecular Hbond substituents is 1. The first-order valence-corrected chi connectivity index (χ1v) is 12.2. The molecule has 0 amide bonds. The summed E-state index contributed by atoms with van der Waals surface area (Å²) in [6.07, 6.45) is 0. The summed E-state index contributed by atoms with van der Waals surface area (Å²) in [5.41, 5.74) is 1.57. The number of nitrogens with zero attached hydrogens (tertiary/aromatic N) is 1. The van der Waals surface area contributed by atoms with Gasteiger partial charge in [0.05, 0.1) is 0 Å². The van der Waals surface area contributed by atoms with E-state index < -0.39 is 26.6 Å². The topological polar surface area (TPSA) is 98.1 Å². The van der Waals surface area contributed by atoms with E-state index in [9.17, 15) is 24.9 Å². The molecule has 138 valence electrons. The van der Waals surface area contributed by atoms with Gasteiger partial charge < -0.3 is 0 Å². The van der Waals surface area contributed by atoms with Crippen LogP contribution < -0.4 is 4.90 Å². The van der Waals surface area contributed by atoms with E-state index in [0.717, 1.165) is 10.8 Å². The van der Waals surface area contributed by atoms with Crippen LogP contribution in [0.3, 0.4) is 0 Å². The van der Waals surface area contributed by atoms with Crippen LogP contribution in [0.2, 0.25) is 10.4 Å². The van der Waals surface area contributed by atoms with Gasteiger partial charge in [-0.2, -0.15) is 0 Å². The zero-order valence-electron chi connectivity index (χ0n) is 14.3. The Morgan fingerprint density at radius 1 is 0.923 bits per heavy atom. The summed E-state index contributed by atoms with van der Waals surface area (Å²) in [6.45, 7) is 0.169. The molecule has 2 aromatic carbocycles. The quantitative estimate of drug-likeness (QED) is 0.513. The van der Waals surface area contributed by atoms with Crippen molar-refractivity contribution in [2.75, 3.05) is 18.0 Å². The second kappa shape index (κ2) is 9.88. The molecule has 1 unspecified atom stereocenters. The molecule has 0 aliphatic carbocycles. The van der Waals surface area contributed by atoms with Crippen molar-refractivity contribution in [2.45, 2.75) is 15.6 Å². The van der Waals surface area contributed by atoms with E-state index >= 15 is 0 Å². The Morgan fingerprint density at radius 2 is 1.58 bits per heavy atom. The van der Waals surface area contributed by atoms with Gasteiger partial charge in [0.1, 0.15) is 0 Å². The third-order valence-corrected chi connectivity index (χ3v) is 8.80. The van der Waals surface area contributed by atoms with Gasteiger partial charge in [-0.25, -0.2) is 0 Å². The minimum atomic E-state index is -1.75. The molecule has 0 saturated heterocycles. The number of anilines is 1. The fourth-order valence-corrected chi connectivity index (χ4v) is 7.01. The molecule has 0 saturated carbocycles. The molecule has 0 bridgehead atoms. The SMILES string of the molecule is O=C(O)CN(CC[As](CC(=O)O)Cc1ccccc1)c1ccccc1O. The van der Waals surface area contributed by atoms with Crippen LogP contribution in [0.15, 0.2) is 54.6 Å². The van der Waals surface area contributed by atoms with Crippen molar-refractivity contribution in [3.63, 3.8) is 0 Å². The molecule has 0 fully saturated rings. The summed E-state index contributed by atoms with van der Waals surface area (Å²) in [5, 5.41) is 30.0.